The average molecular weight is 390 g/mol. The zero-order valence-electron chi connectivity index (χ0n) is 16.1. The number of aromatic amines is 2. The van der Waals surface area contributed by atoms with Gasteiger partial charge in [-0.25, -0.2) is 4.98 Å². The Kier molecular flexibility index (Phi) is 6.47. The van der Waals surface area contributed by atoms with Crippen LogP contribution < -0.4 is 0 Å². The van der Waals surface area contributed by atoms with Crippen molar-refractivity contribution in [1.29, 1.82) is 5.41 Å². The summed E-state index contributed by atoms with van der Waals surface area (Å²) in [4.78, 5) is 40.3. The van der Waals surface area contributed by atoms with Crippen LogP contribution in [0.5, 0.6) is 0 Å². The summed E-state index contributed by atoms with van der Waals surface area (Å²) in [6.07, 6.45) is 13.4. The largest absolute Gasteiger partial charge is 0.366 e. The first-order valence-corrected chi connectivity index (χ1v) is 9.16. The first-order chi connectivity index (χ1) is 14.1. The van der Waals surface area contributed by atoms with Gasteiger partial charge in [0.15, 0.2) is 5.78 Å². The van der Waals surface area contributed by atoms with E-state index in [4.69, 9.17) is 5.41 Å². The summed E-state index contributed by atoms with van der Waals surface area (Å²) in [6, 6.07) is 3.48. The van der Waals surface area contributed by atoms with Crippen molar-refractivity contribution in [2.24, 2.45) is 0 Å². The van der Waals surface area contributed by atoms with Crippen LogP contribution in [0, 0.1) is 12.3 Å². The molecule has 3 aromatic heterocycles. The van der Waals surface area contributed by atoms with Crippen LogP contribution in [-0.2, 0) is 17.8 Å². The molecular formula is C21H22N6O2. The Morgan fingerprint density at radius 2 is 2.14 bits per heavy atom. The van der Waals surface area contributed by atoms with Gasteiger partial charge in [0.2, 0.25) is 6.41 Å². The number of hydrogen-bond acceptors (Lipinski definition) is 5. The molecule has 148 valence electrons. The lowest BCUT2D eigenvalue weighted by Gasteiger charge is -2.10. The van der Waals surface area contributed by atoms with Gasteiger partial charge in [-0.1, -0.05) is 0 Å². The van der Waals surface area contributed by atoms with Gasteiger partial charge >= 0.3 is 0 Å². The maximum Gasteiger partial charge on any atom is 0.214 e. The zero-order chi connectivity index (χ0) is 20.6. The van der Waals surface area contributed by atoms with Gasteiger partial charge in [0, 0.05) is 59.1 Å². The highest BCUT2D eigenvalue weighted by Crippen LogP contribution is 2.17. The van der Waals surface area contributed by atoms with Crippen molar-refractivity contribution < 1.29 is 9.59 Å². The van der Waals surface area contributed by atoms with E-state index in [2.05, 4.69) is 19.9 Å². The van der Waals surface area contributed by atoms with Crippen molar-refractivity contribution in [3.8, 4) is 0 Å². The van der Waals surface area contributed by atoms with Gasteiger partial charge in [0.25, 0.3) is 0 Å². The van der Waals surface area contributed by atoms with E-state index in [1.807, 2.05) is 0 Å². The van der Waals surface area contributed by atoms with E-state index in [0.717, 1.165) is 5.69 Å². The van der Waals surface area contributed by atoms with Gasteiger partial charge in [-0.15, -0.1) is 0 Å². The number of imidazole rings is 1. The van der Waals surface area contributed by atoms with Crippen LogP contribution in [0.2, 0.25) is 0 Å². The van der Waals surface area contributed by atoms with Gasteiger partial charge in [-0.05, 0) is 44.2 Å². The summed E-state index contributed by atoms with van der Waals surface area (Å²) in [6.45, 7) is 2.07. The van der Waals surface area contributed by atoms with Crippen LogP contribution >= 0.6 is 0 Å². The fourth-order valence-electron chi connectivity index (χ4n) is 2.89. The van der Waals surface area contributed by atoms with Crippen LogP contribution in [0.25, 0.3) is 6.08 Å². The van der Waals surface area contributed by atoms with Gasteiger partial charge in [0.05, 0.1) is 6.54 Å². The lowest BCUT2D eigenvalue weighted by Crippen LogP contribution is -2.15. The Balaban J connectivity index is 1.72. The maximum absolute atomic E-state index is 12.8. The fourth-order valence-corrected chi connectivity index (χ4v) is 2.89. The topological polar surface area (TPSA) is 119 Å². The van der Waals surface area contributed by atoms with Crippen LogP contribution in [0.15, 0.2) is 43.1 Å². The van der Waals surface area contributed by atoms with Crippen LogP contribution in [-0.4, -0.2) is 43.2 Å². The van der Waals surface area contributed by atoms with Crippen molar-refractivity contribution in [2.75, 3.05) is 0 Å². The summed E-state index contributed by atoms with van der Waals surface area (Å²) < 4.78 is 0. The second-order valence-electron chi connectivity index (χ2n) is 6.48. The number of hydrogen-bond donors (Lipinski definition) is 3. The third-order valence-corrected chi connectivity index (χ3v) is 4.43. The monoisotopic (exact) mass is 390 g/mol. The lowest BCUT2D eigenvalue weighted by molar-refractivity contribution is -0.116. The van der Waals surface area contributed by atoms with E-state index in [9.17, 15) is 9.59 Å². The lowest BCUT2D eigenvalue weighted by atomic mass is 10.0. The SMILES string of the molecule is Cc1ncccc1C(=O)c1c[nH]cc1/C=C\N(C=O)Cc1ncc(CCC=N)[nH]1. The van der Waals surface area contributed by atoms with Gasteiger partial charge < -0.3 is 20.3 Å². The number of amides is 1. The quantitative estimate of drug-likeness (QED) is 0.280. The molecule has 0 unspecified atom stereocenters. The molecule has 0 bridgehead atoms. The molecule has 29 heavy (non-hydrogen) atoms. The maximum atomic E-state index is 12.8. The summed E-state index contributed by atoms with van der Waals surface area (Å²) in [5, 5.41) is 7.09. The molecule has 0 radical (unpaired) electrons. The molecule has 3 heterocycles. The van der Waals surface area contributed by atoms with E-state index in [1.54, 1.807) is 56.1 Å². The number of pyridine rings is 1. The number of aryl methyl sites for hydroxylation is 2. The second kappa shape index (κ2) is 9.41. The molecule has 1 amide bonds. The minimum Gasteiger partial charge on any atom is -0.366 e. The van der Waals surface area contributed by atoms with E-state index >= 15 is 0 Å². The highest BCUT2D eigenvalue weighted by Gasteiger charge is 2.16. The molecule has 8 nitrogen and oxygen atoms in total. The standard InChI is InChI=1S/C21H22N6O2/c1-15-18(5-3-8-24-15)21(29)19-12-23-10-16(19)6-9-27(14-28)13-20-25-11-17(26-20)4-2-7-22/h3,5-12,14,22-23H,2,4,13H2,1H3,(H,25,26)/b9-6-,22-7?. The van der Waals surface area contributed by atoms with Crippen molar-refractivity contribution in [2.45, 2.75) is 26.3 Å². The zero-order valence-corrected chi connectivity index (χ0v) is 16.1. The highest BCUT2D eigenvalue weighted by atomic mass is 16.1. The Morgan fingerprint density at radius 1 is 1.28 bits per heavy atom. The van der Waals surface area contributed by atoms with Crippen LogP contribution in [0.3, 0.4) is 0 Å². The smallest absolute Gasteiger partial charge is 0.214 e. The van der Waals surface area contributed by atoms with Crippen LogP contribution in [0.4, 0.5) is 0 Å². The van der Waals surface area contributed by atoms with Gasteiger partial charge in [0.1, 0.15) is 5.82 Å². The Bertz CT molecular complexity index is 1030. The molecule has 3 aromatic rings. The molecule has 0 aliphatic carbocycles. The van der Waals surface area contributed by atoms with Crippen molar-refractivity contribution in [3.63, 3.8) is 0 Å². The Morgan fingerprint density at radius 3 is 2.90 bits per heavy atom. The third-order valence-electron chi connectivity index (χ3n) is 4.43. The number of nitrogens with zero attached hydrogens (tertiary/aromatic N) is 3. The molecule has 0 spiro atoms. The van der Waals surface area contributed by atoms with Gasteiger partial charge in [-0.3, -0.25) is 14.6 Å². The first-order valence-electron chi connectivity index (χ1n) is 9.16. The van der Waals surface area contributed by atoms with Crippen molar-refractivity contribution >= 4 is 24.5 Å². The number of carbonyl (C=O) groups is 2. The molecule has 0 aromatic carbocycles. The van der Waals surface area contributed by atoms with Crippen LogP contribution in [0.1, 0.15) is 45.1 Å². The average Bonchev–Trinajstić information content (AvgIpc) is 3.38. The minimum absolute atomic E-state index is 0.129. The van der Waals surface area contributed by atoms with E-state index < -0.39 is 0 Å². The van der Waals surface area contributed by atoms with E-state index in [1.165, 1.54) is 11.1 Å². The summed E-state index contributed by atoms with van der Waals surface area (Å²) in [7, 11) is 0. The van der Waals surface area contributed by atoms with E-state index in [0.29, 0.717) is 47.5 Å². The number of rotatable bonds is 10. The predicted molar refractivity (Wildman–Crippen MR) is 110 cm³/mol. The molecule has 0 atom stereocenters. The molecule has 3 N–H and O–H groups in total. The molecule has 0 aliphatic heterocycles. The van der Waals surface area contributed by atoms with Crippen molar-refractivity contribution in [1.82, 2.24) is 24.8 Å². The molecule has 0 saturated carbocycles. The number of ketones is 1. The van der Waals surface area contributed by atoms with E-state index in [-0.39, 0.29) is 12.3 Å². The third kappa shape index (κ3) is 4.92. The molecule has 3 rings (SSSR count). The van der Waals surface area contributed by atoms with Gasteiger partial charge in [-0.2, -0.15) is 0 Å². The summed E-state index contributed by atoms with van der Waals surface area (Å²) >= 11 is 0. The second-order valence-corrected chi connectivity index (χ2v) is 6.48. The van der Waals surface area contributed by atoms with Crippen molar-refractivity contribution in [3.05, 3.63) is 77.0 Å². The Labute approximate surface area is 168 Å². The number of H-pyrrole nitrogens is 2. The normalized spacial score (nSPS) is 10.9. The molecular weight excluding hydrogens is 368 g/mol. The number of aromatic nitrogens is 4. The first kappa shape index (κ1) is 19.9. The predicted octanol–water partition coefficient (Wildman–Crippen LogP) is 2.88. The summed E-state index contributed by atoms with van der Waals surface area (Å²) in [5.41, 5.74) is 3.32. The number of carbonyl (C=O) groups excluding carboxylic acids is 2. The Hall–Kier alpha value is -3.81. The molecule has 8 heteroatoms. The highest BCUT2D eigenvalue weighted by molar-refractivity contribution is 6.11. The molecule has 0 saturated heterocycles. The fraction of sp³-hybridized carbons (Fsp3) is 0.190. The summed E-state index contributed by atoms with van der Waals surface area (Å²) in [5.74, 6) is 0.522. The molecule has 0 fully saturated rings. The minimum atomic E-state index is -0.129. The number of nitrogens with one attached hydrogen (secondary N) is 3. The molecule has 0 aliphatic rings.